The Morgan fingerprint density at radius 1 is 0.760 bits per heavy atom. The van der Waals surface area contributed by atoms with Gasteiger partial charge in [0.15, 0.2) is 0 Å². The molecule has 0 radical (unpaired) electrons. The Balaban J connectivity index is 1.89. The molecule has 1 heterocycles. The fourth-order valence-corrected chi connectivity index (χ4v) is 2.96. The van der Waals surface area contributed by atoms with Crippen LogP contribution < -0.4 is 0 Å². The van der Waals surface area contributed by atoms with Gasteiger partial charge in [-0.3, -0.25) is 4.57 Å². The summed E-state index contributed by atoms with van der Waals surface area (Å²) in [6, 6.07) is 26.5. The molecule has 4 rings (SSSR count). The molecule has 0 N–H and O–H groups in total. The highest BCUT2D eigenvalue weighted by atomic mass is 35.5. The summed E-state index contributed by atoms with van der Waals surface area (Å²) in [7, 11) is 0. The minimum absolute atomic E-state index is 0.727. The molecule has 0 atom stereocenters. The third-order valence-electron chi connectivity index (χ3n) is 4.19. The zero-order chi connectivity index (χ0) is 17.2. The number of benzene rings is 3. The van der Waals surface area contributed by atoms with Crippen LogP contribution in [0.25, 0.3) is 28.3 Å². The third-order valence-corrected chi connectivity index (χ3v) is 4.44. The van der Waals surface area contributed by atoms with Crippen molar-refractivity contribution in [2.75, 3.05) is 0 Å². The van der Waals surface area contributed by atoms with Gasteiger partial charge < -0.3 is 0 Å². The molecule has 0 unspecified atom stereocenters. The van der Waals surface area contributed by atoms with E-state index in [-0.39, 0.29) is 0 Å². The number of halogens is 1. The molecule has 25 heavy (non-hydrogen) atoms. The van der Waals surface area contributed by atoms with E-state index in [0.717, 1.165) is 33.4 Å². The number of hydrogen-bond donors (Lipinski definition) is 0. The van der Waals surface area contributed by atoms with Gasteiger partial charge in [-0.15, -0.1) is 0 Å². The predicted octanol–water partition coefficient (Wildman–Crippen LogP) is 6.17. The smallest absolute Gasteiger partial charge is 0.145 e. The van der Waals surface area contributed by atoms with E-state index in [0.29, 0.717) is 0 Å². The van der Waals surface area contributed by atoms with Crippen LogP contribution in [0.2, 0.25) is 5.02 Å². The summed E-state index contributed by atoms with van der Waals surface area (Å²) in [5.74, 6) is 0.925. The molecule has 1 aromatic heterocycles. The van der Waals surface area contributed by atoms with Crippen molar-refractivity contribution in [3.05, 3.63) is 95.6 Å². The fourth-order valence-electron chi connectivity index (χ4n) is 2.83. The summed E-state index contributed by atoms with van der Waals surface area (Å²) in [5.41, 5.74) is 5.40. The highest BCUT2D eigenvalue weighted by Gasteiger charge is 2.13. The lowest BCUT2D eigenvalue weighted by molar-refractivity contribution is 1.07. The van der Waals surface area contributed by atoms with Crippen LogP contribution in [0.4, 0.5) is 0 Å². The van der Waals surface area contributed by atoms with Gasteiger partial charge in [-0.25, -0.2) is 4.98 Å². The molecule has 0 amide bonds. The summed E-state index contributed by atoms with van der Waals surface area (Å²) < 4.78 is 2.14. The van der Waals surface area contributed by atoms with Gasteiger partial charge in [-0.05, 0) is 31.2 Å². The molecule has 3 heteroatoms. The van der Waals surface area contributed by atoms with Gasteiger partial charge in [-0.2, -0.15) is 0 Å². The van der Waals surface area contributed by atoms with E-state index >= 15 is 0 Å². The normalized spacial score (nSPS) is 10.8. The first-order chi connectivity index (χ1) is 12.2. The maximum Gasteiger partial charge on any atom is 0.145 e. The van der Waals surface area contributed by atoms with Gasteiger partial charge in [0, 0.05) is 28.0 Å². The van der Waals surface area contributed by atoms with Crippen LogP contribution in [0.3, 0.4) is 0 Å². The standard InChI is InChI=1S/C22H17ClN2/c1-16-7-13-20(14-8-16)25-15-21(17-9-11-19(23)12-10-17)24-22(25)18-5-3-2-4-6-18/h2-15H,1H3. The molecule has 4 aromatic rings. The zero-order valence-corrected chi connectivity index (χ0v) is 14.6. The molecule has 0 bridgehead atoms. The van der Waals surface area contributed by atoms with Crippen molar-refractivity contribution in [1.82, 2.24) is 9.55 Å². The van der Waals surface area contributed by atoms with Crippen molar-refractivity contribution in [3.63, 3.8) is 0 Å². The number of aryl methyl sites for hydroxylation is 1. The molecular formula is C22H17ClN2. The Labute approximate surface area is 152 Å². The van der Waals surface area contributed by atoms with Crippen molar-refractivity contribution in [2.24, 2.45) is 0 Å². The third kappa shape index (κ3) is 3.21. The Hall–Kier alpha value is -2.84. The minimum Gasteiger partial charge on any atom is -0.299 e. The van der Waals surface area contributed by atoms with Gasteiger partial charge in [0.05, 0.1) is 5.69 Å². The summed E-state index contributed by atoms with van der Waals surface area (Å²) in [6.07, 6.45) is 2.08. The van der Waals surface area contributed by atoms with Crippen molar-refractivity contribution in [2.45, 2.75) is 6.92 Å². The Morgan fingerprint density at radius 3 is 2.12 bits per heavy atom. The molecule has 0 fully saturated rings. The summed E-state index contributed by atoms with van der Waals surface area (Å²) >= 11 is 6.02. The van der Waals surface area contributed by atoms with Gasteiger partial charge in [-0.1, -0.05) is 71.8 Å². The zero-order valence-electron chi connectivity index (χ0n) is 13.9. The van der Waals surface area contributed by atoms with E-state index in [1.54, 1.807) is 0 Å². The van der Waals surface area contributed by atoms with Crippen LogP contribution in [0.15, 0.2) is 85.1 Å². The Kier molecular flexibility index (Phi) is 4.12. The van der Waals surface area contributed by atoms with Crippen molar-refractivity contribution < 1.29 is 0 Å². The van der Waals surface area contributed by atoms with E-state index in [2.05, 4.69) is 54.1 Å². The first kappa shape index (κ1) is 15.7. The topological polar surface area (TPSA) is 17.8 Å². The van der Waals surface area contributed by atoms with Crippen LogP contribution in [-0.4, -0.2) is 9.55 Å². The molecule has 0 saturated carbocycles. The van der Waals surface area contributed by atoms with Crippen molar-refractivity contribution >= 4 is 11.6 Å². The van der Waals surface area contributed by atoms with E-state index < -0.39 is 0 Å². The van der Waals surface area contributed by atoms with E-state index in [9.17, 15) is 0 Å². The summed E-state index contributed by atoms with van der Waals surface area (Å²) in [6.45, 7) is 2.09. The second-order valence-corrected chi connectivity index (χ2v) is 6.46. The Bertz CT molecular complexity index is 985. The number of imidazole rings is 1. The van der Waals surface area contributed by atoms with Crippen LogP contribution in [0, 0.1) is 6.92 Å². The van der Waals surface area contributed by atoms with Gasteiger partial charge in [0.25, 0.3) is 0 Å². The van der Waals surface area contributed by atoms with Crippen molar-refractivity contribution in [3.8, 4) is 28.3 Å². The first-order valence-electron chi connectivity index (χ1n) is 8.18. The largest absolute Gasteiger partial charge is 0.299 e. The molecule has 122 valence electrons. The molecule has 0 aliphatic heterocycles. The predicted molar refractivity (Wildman–Crippen MR) is 104 cm³/mol. The average molecular weight is 345 g/mol. The lowest BCUT2D eigenvalue weighted by Gasteiger charge is -2.08. The molecule has 0 spiro atoms. The molecule has 0 saturated heterocycles. The molecule has 0 aliphatic carbocycles. The lowest BCUT2D eigenvalue weighted by Crippen LogP contribution is -1.95. The quantitative estimate of drug-likeness (QED) is 0.434. The number of aromatic nitrogens is 2. The molecular weight excluding hydrogens is 328 g/mol. The van der Waals surface area contributed by atoms with Crippen LogP contribution in [-0.2, 0) is 0 Å². The van der Waals surface area contributed by atoms with E-state index in [4.69, 9.17) is 16.6 Å². The molecule has 3 aromatic carbocycles. The van der Waals surface area contributed by atoms with E-state index in [1.165, 1.54) is 5.56 Å². The maximum absolute atomic E-state index is 6.02. The maximum atomic E-state index is 6.02. The van der Waals surface area contributed by atoms with Crippen molar-refractivity contribution in [1.29, 1.82) is 0 Å². The highest BCUT2D eigenvalue weighted by molar-refractivity contribution is 6.30. The lowest BCUT2D eigenvalue weighted by atomic mass is 10.2. The van der Waals surface area contributed by atoms with Crippen LogP contribution >= 0.6 is 11.6 Å². The monoisotopic (exact) mass is 344 g/mol. The Morgan fingerprint density at radius 2 is 1.44 bits per heavy atom. The number of nitrogens with zero attached hydrogens (tertiary/aromatic N) is 2. The average Bonchev–Trinajstić information content (AvgIpc) is 3.09. The molecule has 0 aliphatic rings. The SMILES string of the molecule is Cc1ccc(-n2cc(-c3ccc(Cl)cc3)nc2-c2ccccc2)cc1. The van der Waals surface area contributed by atoms with Gasteiger partial charge in [0.1, 0.15) is 5.82 Å². The highest BCUT2D eigenvalue weighted by Crippen LogP contribution is 2.28. The van der Waals surface area contributed by atoms with Crippen LogP contribution in [0.1, 0.15) is 5.56 Å². The minimum atomic E-state index is 0.727. The summed E-state index contributed by atoms with van der Waals surface area (Å²) in [5, 5.41) is 0.727. The second-order valence-electron chi connectivity index (χ2n) is 6.03. The van der Waals surface area contributed by atoms with Gasteiger partial charge >= 0.3 is 0 Å². The number of rotatable bonds is 3. The fraction of sp³-hybridized carbons (Fsp3) is 0.0455. The second kappa shape index (κ2) is 6.58. The first-order valence-corrected chi connectivity index (χ1v) is 8.56. The molecule has 2 nitrogen and oxygen atoms in total. The number of hydrogen-bond acceptors (Lipinski definition) is 1. The van der Waals surface area contributed by atoms with Crippen LogP contribution in [0.5, 0.6) is 0 Å². The van der Waals surface area contributed by atoms with E-state index in [1.807, 2.05) is 42.5 Å². The van der Waals surface area contributed by atoms with Gasteiger partial charge in [0.2, 0.25) is 0 Å². The summed E-state index contributed by atoms with van der Waals surface area (Å²) in [4.78, 5) is 4.90.